The number of aromatic amines is 1. The number of para-hydroxylation sites is 1. The lowest BCUT2D eigenvalue weighted by atomic mass is 9.98. The van der Waals surface area contributed by atoms with Crippen molar-refractivity contribution in [1.82, 2.24) is 20.6 Å². The van der Waals surface area contributed by atoms with Crippen molar-refractivity contribution in [3.05, 3.63) is 41.7 Å². The minimum atomic E-state index is -0.625. The average molecular weight is 423 g/mol. The molecule has 3 atom stereocenters. The molecular formula is C24H30N4O3. The maximum absolute atomic E-state index is 13.1. The molecule has 1 fully saturated rings. The van der Waals surface area contributed by atoms with Crippen LogP contribution in [0.2, 0.25) is 0 Å². The van der Waals surface area contributed by atoms with Crippen molar-refractivity contribution in [3.63, 3.8) is 0 Å². The van der Waals surface area contributed by atoms with Crippen LogP contribution in [0.25, 0.3) is 21.8 Å². The summed E-state index contributed by atoms with van der Waals surface area (Å²) in [5.74, 6) is -0.526. The number of nitrogens with zero attached hydrogens (tertiary/aromatic N) is 1. The molecule has 2 aromatic heterocycles. The Morgan fingerprint density at radius 2 is 2.10 bits per heavy atom. The monoisotopic (exact) mass is 422 g/mol. The van der Waals surface area contributed by atoms with Gasteiger partial charge in [0.2, 0.25) is 5.91 Å². The summed E-state index contributed by atoms with van der Waals surface area (Å²) in [5, 5.41) is 7.88. The lowest BCUT2D eigenvalue weighted by Gasteiger charge is -2.24. The molecule has 1 aliphatic heterocycles. The normalized spacial score (nSPS) is 18.2. The SMILES string of the molecule is CCC(C)C(NC(=O)c1cc2c([nH]c3ccccc32)c(C)n1)C(=O)NCC1CCCO1. The summed E-state index contributed by atoms with van der Waals surface area (Å²) in [4.78, 5) is 33.9. The van der Waals surface area contributed by atoms with Crippen molar-refractivity contribution >= 4 is 33.6 Å². The second-order valence-electron chi connectivity index (χ2n) is 8.40. The van der Waals surface area contributed by atoms with E-state index < -0.39 is 6.04 Å². The van der Waals surface area contributed by atoms with Crippen LogP contribution in [0, 0.1) is 12.8 Å². The van der Waals surface area contributed by atoms with Crippen LogP contribution in [0.4, 0.5) is 0 Å². The molecule has 3 unspecified atom stereocenters. The second-order valence-corrected chi connectivity index (χ2v) is 8.40. The highest BCUT2D eigenvalue weighted by Crippen LogP contribution is 2.27. The number of H-pyrrole nitrogens is 1. The number of aromatic nitrogens is 2. The summed E-state index contributed by atoms with van der Waals surface area (Å²) in [6.07, 6.45) is 2.81. The van der Waals surface area contributed by atoms with Gasteiger partial charge in [0.15, 0.2) is 0 Å². The first kappa shape index (κ1) is 21.3. The summed E-state index contributed by atoms with van der Waals surface area (Å²) in [6.45, 7) is 7.08. The highest BCUT2D eigenvalue weighted by atomic mass is 16.5. The molecule has 7 heteroatoms. The van der Waals surface area contributed by atoms with E-state index in [9.17, 15) is 9.59 Å². The topological polar surface area (TPSA) is 96.1 Å². The van der Waals surface area contributed by atoms with Crippen molar-refractivity contribution in [1.29, 1.82) is 0 Å². The van der Waals surface area contributed by atoms with Crippen molar-refractivity contribution in [2.24, 2.45) is 5.92 Å². The molecule has 3 aromatic rings. The van der Waals surface area contributed by atoms with Crippen molar-refractivity contribution in [2.75, 3.05) is 13.2 Å². The highest BCUT2D eigenvalue weighted by Gasteiger charge is 2.28. The van der Waals surface area contributed by atoms with Crippen LogP contribution in [0.15, 0.2) is 30.3 Å². The Morgan fingerprint density at radius 1 is 1.29 bits per heavy atom. The van der Waals surface area contributed by atoms with Crippen molar-refractivity contribution in [2.45, 2.75) is 52.2 Å². The molecule has 1 aromatic carbocycles. The van der Waals surface area contributed by atoms with E-state index in [-0.39, 0.29) is 23.8 Å². The molecule has 1 saturated heterocycles. The molecule has 3 N–H and O–H groups in total. The van der Waals surface area contributed by atoms with Gasteiger partial charge in [0.05, 0.1) is 17.3 Å². The molecule has 1 aliphatic rings. The predicted molar refractivity (Wildman–Crippen MR) is 121 cm³/mol. The molecule has 0 bridgehead atoms. The zero-order chi connectivity index (χ0) is 22.0. The van der Waals surface area contributed by atoms with Crippen LogP contribution in [0.5, 0.6) is 0 Å². The summed E-state index contributed by atoms with van der Waals surface area (Å²) in [6, 6.07) is 9.15. The number of hydrogen-bond donors (Lipinski definition) is 3. The van der Waals surface area contributed by atoms with Gasteiger partial charge in [-0.25, -0.2) is 4.98 Å². The maximum Gasteiger partial charge on any atom is 0.270 e. The minimum absolute atomic E-state index is 0.00800. The van der Waals surface area contributed by atoms with Gasteiger partial charge >= 0.3 is 0 Å². The van der Waals surface area contributed by atoms with Crippen LogP contribution in [-0.2, 0) is 9.53 Å². The van der Waals surface area contributed by atoms with E-state index in [2.05, 4.69) is 20.6 Å². The van der Waals surface area contributed by atoms with Crippen LogP contribution < -0.4 is 10.6 Å². The van der Waals surface area contributed by atoms with Gasteiger partial charge in [-0.15, -0.1) is 0 Å². The zero-order valence-corrected chi connectivity index (χ0v) is 18.3. The first-order chi connectivity index (χ1) is 15.0. The van der Waals surface area contributed by atoms with Gasteiger partial charge in [-0.3, -0.25) is 9.59 Å². The number of carbonyl (C=O) groups is 2. The number of rotatable bonds is 7. The average Bonchev–Trinajstić information content (AvgIpc) is 3.43. The van der Waals surface area contributed by atoms with Gasteiger partial charge in [0.1, 0.15) is 11.7 Å². The van der Waals surface area contributed by atoms with Gasteiger partial charge in [-0.1, -0.05) is 38.5 Å². The van der Waals surface area contributed by atoms with Crippen LogP contribution in [0.3, 0.4) is 0 Å². The molecule has 31 heavy (non-hydrogen) atoms. The van der Waals surface area contributed by atoms with Gasteiger partial charge < -0.3 is 20.4 Å². The fourth-order valence-electron chi connectivity index (χ4n) is 4.17. The van der Waals surface area contributed by atoms with Gasteiger partial charge in [0.25, 0.3) is 5.91 Å². The minimum Gasteiger partial charge on any atom is -0.376 e. The van der Waals surface area contributed by atoms with Gasteiger partial charge in [-0.2, -0.15) is 0 Å². The Labute approximate surface area is 181 Å². The first-order valence-corrected chi connectivity index (χ1v) is 11.1. The van der Waals surface area contributed by atoms with Crippen LogP contribution >= 0.6 is 0 Å². The van der Waals surface area contributed by atoms with E-state index in [4.69, 9.17) is 4.74 Å². The lowest BCUT2D eigenvalue weighted by molar-refractivity contribution is -0.124. The van der Waals surface area contributed by atoms with E-state index in [1.165, 1.54) is 0 Å². The van der Waals surface area contributed by atoms with E-state index in [1.54, 1.807) is 6.07 Å². The van der Waals surface area contributed by atoms with E-state index in [0.717, 1.165) is 53.4 Å². The number of carbonyl (C=O) groups excluding carboxylic acids is 2. The number of aryl methyl sites for hydroxylation is 1. The Bertz CT molecular complexity index is 1100. The Balaban J connectivity index is 1.55. The molecule has 4 rings (SSSR count). The first-order valence-electron chi connectivity index (χ1n) is 11.1. The summed E-state index contributed by atoms with van der Waals surface area (Å²) >= 11 is 0. The predicted octanol–water partition coefficient (Wildman–Crippen LogP) is 3.46. The van der Waals surface area contributed by atoms with Crippen molar-refractivity contribution in [3.8, 4) is 0 Å². The summed E-state index contributed by atoms with van der Waals surface area (Å²) in [5.41, 5.74) is 2.99. The van der Waals surface area contributed by atoms with Crippen LogP contribution in [0.1, 0.15) is 49.3 Å². The summed E-state index contributed by atoms with van der Waals surface area (Å²) < 4.78 is 5.59. The lowest BCUT2D eigenvalue weighted by Crippen LogP contribution is -2.51. The Hall–Kier alpha value is -2.93. The third-order valence-corrected chi connectivity index (χ3v) is 6.22. The van der Waals surface area contributed by atoms with Gasteiger partial charge in [-0.05, 0) is 37.8 Å². The number of ether oxygens (including phenoxy) is 1. The Kier molecular flexibility index (Phi) is 6.23. The third-order valence-electron chi connectivity index (χ3n) is 6.22. The number of pyridine rings is 1. The molecule has 164 valence electrons. The van der Waals surface area contributed by atoms with Crippen LogP contribution in [-0.4, -0.2) is 47.1 Å². The standard InChI is InChI=1S/C24H30N4O3/c1-4-14(2)21(24(30)25-13-16-8-7-11-31-16)28-23(29)20-12-18-17-9-5-6-10-19(17)27-22(18)15(3)26-20/h5-6,9-10,12,14,16,21,27H,4,7-8,11,13H2,1-3H3,(H,25,30)(H,28,29). The van der Waals surface area contributed by atoms with E-state index in [1.807, 2.05) is 45.0 Å². The van der Waals surface area contributed by atoms with E-state index >= 15 is 0 Å². The smallest absolute Gasteiger partial charge is 0.270 e. The molecule has 0 saturated carbocycles. The molecule has 0 radical (unpaired) electrons. The fourth-order valence-corrected chi connectivity index (χ4v) is 4.17. The second kappa shape index (κ2) is 9.06. The number of hydrogen-bond acceptors (Lipinski definition) is 4. The third kappa shape index (κ3) is 4.42. The van der Waals surface area contributed by atoms with Gasteiger partial charge in [0, 0.05) is 29.4 Å². The van der Waals surface area contributed by atoms with E-state index in [0.29, 0.717) is 12.2 Å². The largest absolute Gasteiger partial charge is 0.376 e. The fraction of sp³-hybridized carbons (Fsp3) is 0.458. The summed E-state index contributed by atoms with van der Waals surface area (Å²) in [7, 11) is 0. The molecule has 3 heterocycles. The maximum atomic E-state index is 13.1. The zero-order valence-electron chi connectivity index (χ0n) is 18.3. The molecular weight excluding hydrogens is 392 g/mol. The molecule has 0 spiro atoms. The highest BCUT2D eigenvalue weighted by molar-refractivity contribution is 6.10. The number of fused-ring (bicyclic) bond motifs is 3. The quantitative estimate of drug-likeness (QED) is 0.543. The number of nitrogens with one attached hydrogen (secondary N) is 3. The molecule has 7 nitrogen and oxygen atoms in total. The molecule has 2 amide bonds. The Morgan fingerprint density at radius 3 is 2.84 bits per heavy atom. The number of benzene rings is 1. The number of amides is 2. The molecule has 0 aliphatic carbocycles. The van der Waals surface area contributed by atoms with Crippen molar-refractivity contribution < 1.29 is 14.3 Å².